The van der Waals surface area contributed by atoms with Crippen molar-refractivity contribution in [3.8, 4) is 0 Å². The molecule has 0 fully saturated rings. The van der Waals surface area contributed by atoms with Crippen molar-refractivity contribution in [3.63, 3.8) is 0 Å². The maximum Gasteiger partial charge on any atom is 0.207 e. The van der Waals surface area contributed by atoms with E-state index >= 15 is 0 Å². The molecule has 0 saturated heterocycles. The summed E-state index contributed by atoms with van der Waals surface area (Å²) in [6.07, 6.45) is 3.05. The quantitative estimate of drug-likeness (QED) is 0.817. The molecule has 108 valence electrons. The SMILES string of the molecule is COCCCn1cc(C)nc1Nc1cc(C)cc(C)c1. The monoisotopic (exact) mass is 273 g/mol. The second-order valence-electron chi connectivity index (χ2n) is 5.25. The van der Waals surface area contributed by atoms with Crippen LogP contribution in [0.1, 0.15) is 23.2 Å². The zero-order valence-electron chi connectivity index (χ0n) is 12.7. The Labute approximate surface area is 120 Å². The van der Waals surface area contributed by atoms with E-state index in [1.54, 1.807) is 7.11 Å². The first kappa shape index (κ1) is 14.6. The summed E-state index contributed by atoms with van der Waals surface area (Å²) in [5.74, 6) is 0.892. The van der Waals surface area contributed by atoms with Gasteiger partial charge in [-0.1, -0.05) is 6.07 Å². The number of aromatic nitrogens is 2. The Morgan fingerprint density at radius 2 is 1.85 bits per heavy atom. The van der Waals surface area contributed by atoms with Gasteiger partial charge in [0.05, 0.1) is 5.69 Å². The molecule has 1 aromatic carbocycles. The van der Waals surface area contributed by atoms with Gasteiger partial charge in [0, 0.05) is 32.1 Å². The average molecular weight is 273 g/mol. The van der Waals surface area contributed by atoms with E-state index in [2.05, 4.69) is 53.1 Å². The lowest BCUT2D eigenvalue weighted by molar-refractivity contribution is 0.190. The van der Waals surface area contributed by atoms with E-state index < -0.39 is 0 Å². The summed E-state index contributed by atoms with van der Waals surface area (Å²) < 4.78 is 7.25. The molecule has 0 atom stereocenters. The van der Waals surface area contributed by atoms with Crippen molar-refractivity contribution >= 4 is 11.6 Å². The van der Waals surface area contributed by atoms with E-state index in [1.165, 1.54) is 11.1 Å². The molecule has 0 aliphatic heterocycles. The molecule has 1 aromatic heterocycles. The molecule has 0 unspecified atom stereocenters. The fraction of sp³-hybridized carbons (Fsp3) is 0.438. The van der Waals surface area contributed by atoms with Crippen LogP contribution in [0.4, 0.5) is 11.6 Å². The summed E-state index contributed by atoms with van der Waals surface area (Å²) in [5.41, 5.74) is 4.61. The summed E-state index contributed by atoms with van der Waals surface area (Å²) in [6, 6.07) is 6.44. The van der Waals surface area contributed by atoms with Gasteiger partial charge in [0.1, 0.15) is 0 Å². The van der Waals surface area contributed by atoms with E-state index in [1.807, 2.05) is 6.92 Å². The minimum atomic E-state index is 0.764. The molecule has 4 heteroatoms. The molecule has 0 bridgehead atoms. The number of imidazole rings is 1. The van der Waals surface area contributed by atoms with Gasteiger partial charge in [-0.15, -0.1) is 0 Å². The lowest BCUT2D eigenvalue weighted by Gasteiger charge is -2.11. The molecule has 0 amide bonds. The fourth-order valence-corrected chi connectivity index (χ4v) is 2.37. The maximum atomic E-state index is 5.11. The van der Waals surface area contributed by atoms with Gasteiger partial charge in [-0.05, 0) is 50.5 Å². The molecule has 0 spiro atoms. The highest BCUT2D eigenvalue weighted by atomic mass is 16.5. The summed E-state index contributed by atoms with van der Waals surface area (Å²) in [7, 11) is 1.73. The van der Waals surface area contributed by atoms with Crippen LogP contribution in [-0.4, -0.2) is 23.3 Å². The normalized spacial score (nSPS) is 10.8. The van der Waals surface area contributed by atoms with Crippen molar-refractivity contribution in [1.29, 1.82) is 0 Å². The van der Waals surface area contributed by atoms with Gasteiger partial charge >= 0.3 is 0 Å². The van der Waals surface area contributed by atoms with Crippen LogP contribution < -0.4 is 5.32 Å². The number of nitrogens with zero attached hydrogens (tertiary/aromatic N) is 2. The Morgan fingerprint density at radius 3 is 2.50 bits per heavy atom. The van der Waals surface area contributed by atoms with Crippen LogP contribution in [0.15, 0.2) is 24.4 Å². The Morgan fingerprint density at radius 1 is 1.15 bits per heavy atom. The van der Waals surface area contributed by atoms with Gasteiger partial charge < -0.3 is 14.6 Å². The molecule has 1 heterocycles. The minimum absolute atomic E-state index is 0.764. The first-order valence-corrected chi connectivity index (χ1v) is 6.96. The lowest BCUT2D eigenvalue weighted by atomic mass is 10.1. The van der Waals surface area contributed by atoms with Crippen molar-refractivity contribution in [1.82, 2.24) is 9.55 Å². The third-order valence-corrected chi connectivity index (χ3v) is 3.12. The van der Waals surface area contributed by atoms with Crippen LogP contribution in [0.3, 0.4) is 0 Å². The number of nitrogens with one attached hydrogen (secondary N) is 1. The standard InChI is InChI=1S/C16H23N3O/c1-12-8-13(2)10-15(9-12)18-16-17-14(3)11-19(16)6-5-7-20-4/h8-11H,5-7H2,1-4H3,(H,17,18). The van der Waals surface area contributed by atoms with Crippen LogP contribution in [0.25, 0.3) is 0 Å². The number of rotatable bonds is 6. The molecular formula is C16H23N3O. The van der Waals surface area contributed by atoms with Crippen molar-refractivity contribution in [2.75, 3.05) is 19.0 Å². The molecule has 0 saturated carbocycles. The predicted octanol–water partition coefficient (Wildman–Crippen LogP) is 3.59. The largest absolute Gasteiger partial charge is 0.385 e. The summed E-state index contributed by atoms with van der Waals surface area (Å²) in [5, 5.41) is 3.41. The second kappa shape index (κ2) is 6.57. The third-order valence-electron chi connectivity index (χ3n) is 3.12. The molecular weight excluding hydrogens is 250 g/mol. The average Bonchev–Trinajstić information content (AvgIpc) is 2.68. The van der Waals surface area contributed by atoms with Crippen molar-refractivity contribution in [2.45, 2.75) is 33.7 Å². The number of aryl methyl sites for hydroxylation is 4. The van der Waals surface area contributed by atoms with Crippen LogP contribution >= 0.6 is 0 Å². The molecule has 0 aliphatic carbocycles. The first-order chi connectivity index (χ1) is 9.58. The topological polar surface area (TPSA) is 39.1 Å². The van der Waals surface area contributed by atoms with Gasteiger partial charge in [-0.2, -0.15) is 0 Å². The summed E-state index contributed by atoms with van der Waals surface area (Å²) in [4.78, 5) is 4.56. The van der Waals surface area contributed by atoms with Crippen LogP contribution in [0.2, 0.25) is 0 Å². The van der Waals surface area contributed by atoms with Gasteiger partial charge in [-0.3, -0.25) is 0 Å². The highest BCUT2D eigenvalue weighted by molar-refractivity contribution is 5.56. The Hall–Kier alpha value is -1.81. The highest BCUT2D eigenvalue weighted by Crippen LogP contribution is 2.19. The van der Waals surface area contributed by atoms with E-state index in [9.17, 15) is 0 Å². The number of anilines is 2. The van der Waals surface area contributed by atoms with Crippen LogP contribution in [-0.2, 0) is 11.3 Å². The van der Waals surface area contributed by atoms with E-state index in [4.69, 9.17) is 4.74 Å². The zero-order valence-corrected chi connectivity index (χ0v) is 12.7. The Kier molecular flexibility index (Phi) is 4.79. The van der Waals surface area contributed by atoms with Crippen LogP contribution in [0.5, 0.6) is 0 Å². The Balaban J connectivity index is 2.15. The van der Waals surface area contributed by atoms with Crippen LogP contribution in [0, 0.1) is 20.8 Å². The first-order valence-electron chi connectivity index (χ1n) is 6.96. The minimum Gasteiger partial charge on any atom is -0.385 e. The van der Waals surface area contributed by atoms with E-state index in [0.29, 0.717) is 0 Å². The molecule has 2 rings (SSSR count). The van der Waals surface area contributed by atoms with Crippen molar-refractivity contribution in [2.24, 2.45) is 0 Å². The number of benzene rings is 1. The number of ether oxygens (including phenoxy) is 1. The predicted molar refractivity (Wildman–Crippen MR) is 82.7 cm³/mol. The molecule has 1 N–H and O–H groups in total. The summed E-state index contributed by atoms with van der Waals surface area (Å²) >= 11 is 0. The van der Waals surface area contributed by atoms with E-state index in [-0.39, 0.29) is 0 Å². The molecule has 2 aromatic rings. The smallest absolute Gasteiger partial charge is 0.207 e. The molecule has 0 radical (unpaired) electrons. The van der Waals surface area contributed by atoms with E-state index in [0.717, 1.165) is 36.9 Å². The van der Waals surface area contributed by atoms with Crippen molar-refractivity contribution < 1.29 is 4.74 Å². The highest BCUT2D eigenvalue weighted by Gasteiger charge is 2.06. The lowest BCUT2D eigenvalue weighted by Crippen LogP contribution is -2.05. The fourth-order valence-electron chi connectivity index (χ4n) is 2.37. The van der Waals surface area contributed by atoms with Crippen molar-refractivity contribution in [3.05, 3.63) is 41.2 Å². The number of hydrogen-bond donors (Lipinski definition) is 1. The Bertz CT molecular complexity index is 555. The molecule has 4 nitrogen and oxygen atoms in total. The maximum absolute atomic E-state index is 5.11. The van der Waals surface area contributed by atoms with Gasteiger partial charge in [0.2, 0.25) is 5.95 Å². The second-order valence-corrected chi connectivity index (χ2v) is 5.25. The number of methoxy groups -OCH3 is 1. The van der Waals surface area contributed by atoms with Gasteiger partial charge in [-0.25, -0.2) is 4.98 Å². The van der Waals surface area contributed by atoms with Gasteiger partial charge in [0.25, 0.3) is 0 Å². The molecule has 0 aliphatic rings. The number of hydrogen-bond acceptors (Lipinski definition) is 3. The summed E-state index contributed by atoms with van der Waals surface area (Å²) in [6.45, 7) is 7.89. The third kappa shape index (κ3) is 3.84. The zero-order chi connectivity index (χ0) is 14.5. The van der Waals surface area contributed by atoms with Gasteiger partial charge in [0.15, 0.2) is 0 Å². The molecule has 20 heavy (non-hydrogen) atoms.